The van der Waals surface area contributed by atoms with Gasteiger partial charge in [0.2, 0.25) is 0 Å². The average Bonchev–Trinajstić information content (AvgIpc) is 2.97. The second-order valence-electron chi connectivity index (χ2n) is 7.75. The molecule has 2 aromatic rings. The van der Waals surface area contributed by atoms with Crippen LogP contribution in [-0.2, 0) is 18.9 Å². The van der Waals surface area contributed by atoms with Crippen LogP contribution in [0.1, 0.15) is 34.6 Å². The highest BCUT2D eigenvalue weighted by Gasteiger charge is 2.45. The average molecular weight is 429 g/mol. The number of nitrogens with zero attached hydrogens (tertiary/aromatic N) is 1. The zero-order valence-corrected chi connectivity index (χ0v) is 16.2. The van der Waals surface area contributed by atoms with Crippen molar-refractivity contribution in [3.63, 3.8) is 0 Å². The van der Waals surface area contributed by atoms with Crippen molar-refractivity contribution in [2.24, 2.45) is 0 Å². The number of hydrogen-bond donors (Lipinski definition) is 2. The fourth-order valence-corrected chi connectivity index (χ4v) is 4.59. The molecule has 2 aromatic carbocycles. The molecule has 0 spiro atoms. The fraction of sp³-hybridized carbons (Fsp3) is 0.429. The van der Waals surface area contributed by atoms with Crippen LogP contribution in [0.2, 0.25) is 0 Å². The van der Waals surface area contributed by atoms with Gasteiger partial charge in [0.1, 0.15) is 0 Å². The highest BCUT2D eigenvalue weighted by molar-refractivity contribution is 5.72. The summed E-state index contributed by atoms with van der Waals surface area (Å²) in [5.74, 6) is -0.0935. The molecule has 0 bridgehead atoms. The highest BCUT2D eigenvalue weighted by Crippen LogP contribution is 2.50. The normalized spacial score (nSPS) is 21.4. The summed E-state index contributed by atoms with van der Waals surface area (Å²) >= 11 is 0. The minimum Gasteiger partial charge on any atom is -0.381 e. The van der Waals surface area contributed by atoms with Gasteiger partial charge in [0.25, 0.3) is 0 Å². The number of benzene rings is 2. The third-order valence-corrected chi connectivity index (χ3v) is 5.95. The van der Waals surface area contributed by atoms with Crippen molar-refractivity contribution in [3.8, 4) is 0 Å². The molecule has 2 aliphatic rings. The molecule has 4 rings (SSSR count). The number of piperidine rings is 1. The van der Waals surface area contributed by atoms with Crippen LogP contribution in [0.4, 0.5) is 37.7 Å². The van der Waals surface area contributed by atoms with E-state index in [1.807, 2.05) is 0 Å². The smallest absolute Gasteiger partial charge is 0.381 e. The lowest BCUT2D eigenvalue weighted by atomic mass is 9.89. The number of hydrogen-bond acceptors (Lipinski definition) is 3. The predicted octanol–water partition coefficient (Wildman–Crippen LogP) is 5.23. The summed E-state index contributed by atoms with van der Waals surface area (Å²) in [5, 5.41) is 6.01. The summed E-state index contributed by atoms with van der Waals surface area (Å²) in [6.45, 7) is 1.08. The van der Waals surface area contributed by atoms with E-state index in [2.05, 4.69) is 10.6 Å². The molecule has 0 radical (unpaired) electrons. The molecule has 162 valence electrons. The summed E-state index contributed by atoms with van der Waals surface area (Å²) in [6, 6.07) is 7.67. The summed E-state index contributed by atoms with van der Waals surface area (Å²) in [6.07, 6.45) is -8.37. The Hall–Kier alpha value is -2.42. The molecular formula is C21H21F6N3. The molecule has 0 amide bonds. The van der Waals surface area contributed by atoms with Gasteiger partial charge in [0, 0.05) is 37.8 Å². The van der Waals surface area contributed by atoms with E-state index in [0.29, 0.717) is 12.1 Å². The monoisotopic (exact) mass is 429 g/mol. The predicted molar refractivity (Wildman–Crippen MR) is 103 cm³/mol. The van der Waals surface area contributed by atoms with Crippen molar-refractivity contribution in [2.75, 3.05) is 30.4 Å². The zero-order valence-electron chi connectivity index (χ0n) is 16.2. The van der Waals surface area contributed by atoms with Crippen LogP contribution < -0.4 is 15.5 Å². The van der Waals surface area contributed by atoms with Gasteiger partial charge in [-0.3, -0.25) is 0 Å². The fourth-order valence-electron chi connectivity index (χ4n) is 4.59. The van der Waals surface area contributed by atoms with Crippen LogP contribution >= 0.6 is 0 Å². The Balaban J connectivity index is 1.70. The number of likely N-dealkylation sites (N-methyl/N-ethyl adjacent to an activating group) is 1. The lowest BCUT2D eigenvalue weighted by Crippen LogP contribution is -2.42. The molecule has 3 nitrogen and oxygen atoms in total. The molecular weight excluding hydrogens is 408 g/mol. The molecule has 2 atom stereocenters. The Morgan fingerprint density at radius 1 is 1.03 bits per heavy atom. The van der Waals surface area contributed by atoms with E-state index in [0.717, 1.165) is 25.1 Å². The van der Waals surface area contributed by atoms with Crippen LogP contribution in [0.5, 0.6) is 0 Å². The van der Waals surface area contributed by atoms with Crippen molar-refractivity contribution < 1.29 is 26.3 Å². The Kier molecular flexibility index (Phi) is 5.12. The number of halogens is 6. The maximum atomic E-state index is 13.8. The van der Waals surface area contributed by atoms with Crippen LogP contribution in [0, 0.1) is 0 Å². The molecule has 2 N–H and O–H groups in total. The van der Waals surface area contributed by atoms with Crippen molar-refractivity contribution in [3.05, 3.63) is 58.7 Å². The quantitative estimate of drug-likeness (QED) is 0.655. The Morgan fingerprint density at radius 3 is 2.43 bits per heavy atom. The van der Waals surface area contributed by atoms with Gasteiger partial charge in [-0.1, -0.05) is 18.2 Å². The van der Waals surface area contributed by atoms with Crippen molar-refractivity contribution in [1.29, 1.82) is 0 Å². The van der Waals surface area contributed by atoms with E-state index in [1.54, 1.807) is 18.0 Å². The number of anilines is 2. The van der Waals surface area contributed by atoms with Gasteiger partial charge >= 0.3 is 12.4 Å². The van der Waals surface area contributed by atoms with E-state index in [9.17, 15) is 26.3 Å². The van der Waals surface area contributed by atoms with Crippen molar-refractivity contribution in [1.82, 2.24) is 5.32 Å². The van der Waals surface area contributed by atoms with Crippen LogP contribution in [0.3, 0.4) is 0 Å². The Labute approximate surface area is 170 Å². The molecule has 2 heterocycles. The van der Waals surface area contributed by atoms with E-state index >= 15 is 0 Å². The largest absolute Gasteiger partial charge is 0.418 e. The van der Waals surface area contributed by atoms with Gasteiger partial charge in [-0.15, -0.1) is 0 Å². The van der Waals surface area contributed by atoms with Crippen LogP contribution in [0.25, 0.3) is 0 Å². The first-order valence-corrected chi connectivity index (χ1v) is 9.65. The lowest BCUT2D eigenvalue weighted by Gasteiger charge is -2.31. The second kappa shape index (κ2) is 7.37. The van der Waals surface area contributed by atoms with Crippen LogP contribution in [-0.4, -0.2) is 26.2 Å². The summed E-state index contributed by atoms with van der Waals surface area (Å²) in [7, 11) is 1.68. The minimum absolute atomic E-state index is 0.0200. The van der Waals surface area contributed by atoms with Gasteiger partial charge in [0.15, 0.2) is 0 Å². The molecule has 1 fully saturated rings. The van der Waals surface area contributed by atoms with Gasteiger partial charge in [0.05, 0.1) is 16.8 Å². The topological polar surface area (TPSA) is 27.3 Å². The maximum Gasteiger partial charge on any atom is 0.418 e. The Morgan fingerprint density at radius 2 is 1.73 bits per heavy atom. The van der Waals surface area contributed by atoms with E-state index < -0.39 is 23.5 Å². The minimum atomic E-state index is -4.57. The van der Waals surface area contributed by atoms with E-state index in [-0.39, 0.29) is 35.4 Å². The first-order chi connectivity index (χ1) is 14.1. The van der Waals surface area contributed by atoms with E-state index in [1.165, 1.54) is 18.2 Å². The Bertz CT molecular complexity index is 937. The van der Waals surface area contributed by atoms with Gasteiger partial charge in [-0.2, -0.15) is 26.3 Å². The maximum absolute atomic E-state index is 13.8. The standard InChI is InChI=1S/C21H21F6N3/c1-30-18-6-7-28-11-15(18)14-8-13(9-17(19(14)30)21(25,26)27)29-10-12-4-2-3-5-16(12)20(22,23)24/h2-5,8-9,15,18,28-29H,6-7,10-11H2,1H3/t15-,18-/m1/s1. The second-order valence-corrected chi connectivity index (χ2v) is 7.75. The first-order valence-electron chi connectivity index (χ1n) is 9.65. The number of nitrogens with one attached hydrogen (secondary N) is 2. The molecule has 0 unspecified atom stereocenters. The molecule has 0 aliphatic carbocycles. The highest BCUT2D eigenvalue weighted by atomic mass is 19.4. The molecule has 1 saturated heterocycles. The number of rotatable bonds is 3. The SMILES string of the molecule is CN1c2c(cc(NCc3ccccc3C(F)(F)F)cc2C(F)(F)F)[C@H]2CNCC[C@H]21. The van der Waals surface area contributed by atoms with Gasteiger partial charge in [-0.05, 0) is 42.3 Å². The number of alkyl halides is 6. The molecule has 2 aliphatic heterocycles. The first kappa shape index (κ1) is 20.8. The molecule has 0 aromatic heterocycles. The molecule has 30 heavy (non-hydrogen) atoms. The summed E-state index contributed by atoms with van der Waals surface area (Å²) < 4.78 is 81.2. The van der Waals surface area contributed by atoms with Crippen molar-refractivity contribution in [2.45, 2.75) is 37.3 Å². The van der Waals surface area contributed by atoms with Gasteiger partial charge in [-0.25, -0.2) is 0 Å². The third kappa shape index (κ3) is 3.71. The zero-order chi connectivity index (χ0) is 21.7. The lowest BCUT2D eigenvalue weighted by molar-refractivity contribution is -0.138. The molecule has 0 saturated carbocycles. The van der Waals surface area contributed by atoms with Crippen LogP contribution in [0.15, 0.2) is 36.4 Å². The third-order valence-electron chi connectivity index (χ3n) is 5.95. The van der Waals surface area contributed by atoms with Gasteiger partial charge < -0.3 is 15.5 Å². The number of fused-ring (bicyclic) bond motifs is 3. The summed E-state index contributed by atoms with van der Waals surface area (Å²) in [4.78, 5) is 1.70. The van der Waals surface area contributed by atoms with E-state index in [4.69, 9.17) is 0 Å². The molecule has 9 heteroatoms. The summed E-state index contributed by atoms with van der Waals surface area (Å²) in [5.41, 5.74) is -0.667. The van der Waals surface area contributed by atoms with Crippen molar-refractivity contribution >= 4 is 11.4 Å².